The van der Waals surface area contributed by atoms with Crippen LogP contribution in [0.5, 0.6) is 23.0 Å². The molecule has 0 aliphatic heterocycles. The third-order valence-corrected chi connectivity index (χ3v) is 23.9. The first-order valence-electron chi connectivity index (χ1n) is 42.7. The Morgan fingerprint density at radius 1 is 0.250 bits per heavy atom. The molecule has 0 aromatic heterocycles. The first-order valence-corrected chi connectivity index (χ1v) is 42.7. The van der Waals surface area contributed by atoms with Gasteiger partial charge >= 0.3 is 0 Å². The molecule has 3 N–H and O–H groups in total. The maximum absolute atomic E-state index is 17.2. The second-order valence-electron chi connectivity index (χ2n) is 33.6. The van der Waals surface area contributed by atoms with Crippen molar-refractivity contribution >= 4 is 101 Å². The van der Waals surface area contributed by atoms with Gasteiger partial charge in [-0.15, -0.1) is 0 Å². The number of nitrogens with zero attached hydrogens (tertiary/aromatic N) is 4. The van der Waals surface area contributed by atoms with Gasteiger partial charge in [0.25, 0.3) is 0 Å². The summed E-state index contributed by atoms with van der Waals surface area (Å²) in [7, 11) is 0. The molecule has 20 heteroatoms. The summed E-state index contributed by atoms with van der Waals surface area (Å²) < 4.78 is 208. The number of anilines is 12. The topological polar surface area (TPSA) is 82.9 Å². The van der Waals surface area contributed by atoms with Crippen LogP contribution in [0.15, 0.2) is 255 Å². The molecule has 16 aromatic carbocycles. The van der Waals surface area contributed by atoms with Crippen molar-refractivity contribution in [2.75, 3.05) is 26.2 Å². The second-order valence-corrected chi connectivity index (χ2v) is 33.6. The zero-order valence-electron chi connectivity index (χ0n) is 71.6. The zero-order valence-corrected chi connectivity index (χ0v) is 71.6. The van der Waals surface area contributed by atoms with E-state index >= 15 is 52.7 Å². The van der Waals surface area contributed by atoms with Crippen LogP contribution < -0.4 is 24.3 Å². The van der Waals surface area contributed by atoms with E-state index in [1.165, 1.54) is 80.3 Å². The van der Waals surface area contributed by atoms with Crippen LogP contribution in [0.25, 0.3) is 76.8 Å². The van der Waals surface area contributed by atoms with E-state index in [0.29, 0.717) is 40.0 Å². The maximum Gasteiger partial charge on any atom is 0.194 e. The lowest BCUT2D eigenvalue weighted by Gasteiger charge is -2.36. The predicted molar refractivity (Wildman–Crippen MR) is 490 cm³/mol. The maximum atomic E-state index is 17.2. The van der Waals surface area contributed by atoms with Crippen LogP contribution in [-0.2, 0) is 0 Å². The lowest BCUT2D eigenvalue weighted by molar-refractivity contribution is 0.304. The Balaban J connectivity index is 1.14. The highest BCUT2D eigenvalue weighted by molar-refractivity contribution is 6.33. The minimum atomic E-state index is -1.86. The molecule has 650 valence electrons. The minimum absolute atomic E-state index is 0.00881. The van der Waals surface area contributed by atoms with Gasteiger partial charge in [-0.05, 0) is 160 Å². The van der Waals surface area contributed by atoms with Crippen molar-refractivity contribution < 1.29 is 72.7 Å². The van der Waals surface area contributed by atoms with E-state index in [2.05, 4.69) is 6.92 Å². The highest BCUT2D eigenvalue weighted by Gasteiger charge is 2.35. The molecule has 0 unspecified atom stereocenters. The molecule has 0 aliphatic carbocycles. The predicted octanol–water partition coefficient (Wildman–Crippen LogP) is 33.2. The van der Waals surface area contributed by atoms with Crippen molar-refractivity contribution in [1.29, 1.82) is 0 Å². The van der Waals surface area contributed by atoms with Crippen molar-refractivity contribution in [2.24, 2.45) is 0 Å². The fourth-order valence-corrected chi connectivity index (χ4v) is 17.1. The van der Waals surface area contributed by atoms with Gasteiger partial charge in [0.1, 0.15) is 23.0 Å². The summed E-state index contributed by atoms with van der Waals surface area (Å²) in [5, 5.41) is 36.0. The summed E-state index contributed by atoms with van der Waals surface area (Å²) in [5.41, 5.74) is 4.74. The van der Waals surface area contributed by atoms with Gasteiger partial charge in [-0.1, -0.05) is 216 Å². The summed E-state index contributed by atoms with van der Waals surface area (Å²) in [5.74, 6) is -21.2. The molecule has 16 rings (SSSR count). The monoisotopic (exact) mass is 1730 g/mol. The van der Waals surface area contributed by atoms with Gasteiger partial charge in [-0.3, -0.25) is 0 Å². The fourth-order valence-electron chi connectivity index (χ4n) is 17.1. The molecule has 8 nitrogen and oxygen atoms in total. The number of rotatable bonds is 28. The smallest absolute Gasteiger partial charge is 0.194 e. The molecule has 0 amide bonds. The number of phenols is 3. The Morgan fingerprint density at radius 3 is 0.734 bits per heavy atom. The Hall–Kier alpha value is -13.9. The Morgan fingerprint density at radius 2 is 0.484 bits per heavy atom. The van der Waals surface area contributed by atoms with E-state index in [1.54, 1.807) is 84.9 Å². The van der Waals surface area contributed by atoms with Crippen molar-refractivity contribution in [3.05, 3.63) is 347 Å². The average molecular weight is 1740 g/mol. The van der Waals surface area contributed by atoms with E-state index in [1.807, 2.05) is 116 Å². The average Bonchev–Trinajstić information content (AvgIpc) is 0.694. The molecule has 0 aliphatic rings. The molecule has 0 fully saturated rings. The highest BCUT2D eigenvalue weighted by atomic mass is 19.2. The highest BCUT2D eigenvalue weighted by Crippen LogP contribution is 2.59. The van der Waals surface area contributed by atoms with Gasteiger partial charge in [0.2, 0.25) is 0 Å². The molecule has 0 heterocycles. The molecule has 0 radical (unpaired) electrons. The number of hydrogen-bond donors (Lipinski definition) is 3. The molecule has 16 aromatic rings. The van der Waals surface area contributed by atoms with E-state index in [9.17, 15) is 15.3 Å². The summed E-state index contributed by atoms with van der Waals surface area (Å²) in [6.45, 7) is 18.4. The lowest BCUT2D eigenvalue weighted by Crippen LogP contribution is -2.18. The second kappa shape index (κ2) is 36.2. The summed E-state index contributed by atoms with van der Waals surface area (Å²) in [6.07, 6.45) is 5.64. The van der Waals surface area contributed by atoms with Gasteiger partial charge < -0.3 is 39.7 Å². The van der Waals surface area contributed by atoms with E-state index < -0.39 is 86.9 Å². The molecule has 0 saturated carbocycles. The standard InChI is InChI=1S/C108H90F12N4O4/c1-10-11-12-13-14-15-44-128-78-35-43-98(86(56-78)70-30-22-66(23-31-70)62(8)9)124(74-51-93(115)108(120)94(116)52-74)102-58-101(123(73-49-91(113)107(119)92(114)50-73)97-42-34-77(127)55-85(97)69-28-20-65(21-29-69)61(6)7)81-37-36-79-99(121(71-45-87(109)105(117)88(110)46-71)95-40-32-75(125)53-83(95)67-24-16-63(17-25-67)59(2)3)57-100(80-38-39-82(102)104(81)103(79)80)122(72-47-89(111)106(118)90(112)48-72)96-41-33-76(126)54-84(96)68-26-18-64(19-27-68)60(4)5/h16-43,45-62,125-127H,10-15,44H2,1-9H3. The van der Waals surface area contributed by atoms with Crippen LogP contribution in [0.3, 0.4) is 0 Å². The minimum Gasteiger partial charge on any atom is -0.508 e. The molecule has 0 spiro atoms. The molecule has 128 heavy (non-hydrogen) atoms. The van der Waals surface area contributed by atoms with Crippen LogP contribution in [0.4, 0.5) is 121 Å². The van der Waals surface area contributed by atoms with Crippen LogP contribution >= 0.6 is 0 Å². The molecule has 0 saturated heterocycles. The largest absolute Gasteiger partial charge is 0.508 e. The third kappa shape index (κ3) is 17.0. The van der Waals surface area contributed by atoms with E-state index in [0.717, 1.165) is 103 Å². The van der Waals surface area contributed by atoms with Crippen molar-refractivity contribution in [2.45, 2.75) is 125 Å². The summed E-state index contributed by atoms with van der Waals surface area (Å²) in [6, 6.07) is 62.6. The zero-order chi connectivity index (χ0) is 90.5. The van der Waals surface area contributed by atoms with Crippen molar-refractivity contribution in [3.8, 4) is 67.5 Å². The van der Waals surface area contributed by atoms with Crippen LogP contribution in [-0.4, -0.2) is 21.9 Å². The number of ether oxygens (including phenoxy) is 1. The molecule has 0 atom stereocenters. The summed E-state index contributed by atoms with van der Waals surface area (Å²) in [4.78, 5) is 5.63. The fraction of sp³-hybridized carbons (Fsp3) is 0.185. The first-order chi connectivity index (χ1) is 61.4. The summed E-state index contributed by atoms with van der Waals surface area (Å²) >= 11 is 0. The van der Waals surface area contributed by atoms with Crippen LogP contribution in [0.2, 0.25) is 0 Å². The van der Waals surface area contributed by atoms with Gasteiger partial charge in [-0.2, -0.15) is 0 Å². The molecular weight excluding hydrogens is 1650 g/mol. The number of benzene rings is 16. The SMILES string of the molecule is CCCCCCCCOc1ccc(N(c2cc(F)c(F)c(F)c2)c2cc(N(c3cc(F)c(F)c(F)c3)c3ccc(O)cc3-c3ccc(C(C)C)cc3)c3ccc4c(N(c5cc(F)c(F)c(F)c5)c5ccc(O)cc5-c5ccc(C(C)C)cc5)cc(N(c5cc(F)c(F)c(F)c5)c5ccc(O)cc5-c5ccc(C(C)C)cc5)c5ccc2c3c45)c(-c2ccc(C(C)C)cc2)c1. The Kier molecular flexibility index (Phi) is 24.8. The van der Waals surface area contributed by atoms with Gasteiger partial charge in [0.05, 0.1) is 74.9 Å². The molecule has 0 bridgehead atoms. The normalized spacial score (nSPS) is 11.8. The van der Waals surface area contributed by atoms with Crippen molar-refractivity contribution in [3.63, 3.8) is 0 Å². The lowest BCUT2D eigenvalue weighted by atomic mass is 9.88. The van der Waals surface area contributed by atoms with Crippen LogP contribution in [0, 0.1) is 69.8 Å². The number of halogens is 12. The van der Waals surface area contributed by atoms with Gasteiger partial charge in [0, 0.05) is 103 Å². The van der Waals surface area contributed by atoms with Crippen molar-refractivity contribution in [1.82, 2.24) is 0 Å². The van der Waals surface area contributed by atoms with Gasteiger partial charge in [-0.25, -0.2) is 52.7 Å². The van der Waals surface area contributed by atoms with Crippen LogP contribution in [0.1, 0.15) is 147 Å². The first kappa shape index (κ1) is 87.6. The Labute approximate surface area is 734 Å². The number of unbranched alkanes of at least 4 members (excludes halogenated alkanes) is 5. The number of phenolic OH excluding ortho intramolecular Hbond substituents is 3. The number of aromatic hydroxyl groups is 3. The van der Waals surface area contributed by atoms with Gasteiger partial charge in [0.15, 0.2) is 69.8 Å². The third-order valence-electron chi connectivity index (χ3n) is 23.9. The number of hydrogen-bond acceptors (Lipinski definition) is 8. The Bertz CT molecular complexity index is 6580. The quantitative estimate of drug-likeness (QED) is 0.0194. The van der Waals surface area contributed by atoms with E-state index in [4.69, 9.17) is 4.74 Å². The molecular formula is C108H90F12N4O4. The van der Waals surface area contributed by atoms with E-state index in [-0.39, 0.29) is 148 Å².